The number of hydrogen-bond acceptors (Lipinski definition) is 4. The first kappa shape index (κ1) is 19.4. The van der Waals surface area contributed by atoms with Crippen LogP contribution in [0.1, 0.15) is 43.7 Å². The van der Waals surface area contributed by atoms with Gasteiger partial charge < -0.3 is 14.4 Å². The SMILES string of the molecule is CCn1ccnc1CN(C)C(=O)[C@H]1[C@H]2C[C@H](CN(C(C)=O)C2)c2cccc(=O)n21. The van der Waals surface area contributed by atoms with Crippen LogP contribution in [0.25, 0.3) is 0 Å². The van der Waals surface area contributed by atoms with Crippen LogP contribution >= 0.6 is 0 Å². The Balaban J connectivity index is 1.69. The average molecular weight is 397 g/mol. The van der Waals surface area contributed by atoms with Gasteiger partial charge in [0.1, 0.15) is 11.9 Å². The van der Waals surface area contributed by atoms with Gasteiger partial charge in [0.05, 0.1) is 6.54 Å². The fraction of sp³-hybridized carbons (Fsp3) is 0.524. The molecule has 154 valence electrons. The molecule has 1 saturated heterocycles. The van der Waals surface area contributed by atoms with Crippen molar-refractivity contribution in [3.8, 4) is 0 Å². The van der Waals surface area contributed by atoms with Crippen molar-refractivity contribution in [2.75, 3.05) is 20.1 Å². The van der Waals surface area contributed by atoms with E-state index in [4.69, 9.17) is 0 Å². The smallest absolute Gasteiger partial charge is 0.251 e. The molecule has 2 aliphatic heterocycles. The summed E-state index contributed by atoms with van der Waals surface area (Å²) in [6.07, 6.45) is 4.43. The number of hydrogen-bond donors (Lipinski definition) is 0. The number of pyridine rings is 1. The Morgan fingerprint density at radius 2 is 2.07 bits per heavy atom. The van der Waals surface area contributed by atoms with Crippen molar-refractivity contribution >= 4 is 11.8 Å². The molecule has 2 aromatic rings. The van der Waals surface area contributed by atoms with Crippen LogP contribution in [-0.2, 0) is 22.7 Å². The molecule has 2 bridgehead atoms. The molecule has 8 nitrogen and oxygen atoms in total. The van der Waals surface area contributed by atoms with Gasteiger partial charge in [-0.3, -0.25) is 19.0 Å². The van der Waals surface area contributed by atoms with Crippen LogP contribution in [0.3, 0.4) is 0 Å². The number of fused-ring (bicyclic) bond motifs is 4. The van der Waals surface area contributed by atoms with Gasteiger partial charge >= 0.3 is 0 Å². The van der Waals surface area contributed by atoms with E-state index in [0.717, 1.165) is 24.5 Å². The third-order valence-corrected chi connectivity index (χ3v) is 6.24. The summed E-state index contributed by atoms with van der Waals surface area (Å²) in [5.74, 6) is 0.715. The Kier molecular flexibility index (Phi) is 5.02. The molecular weight excluding hydrogens is 370 g/mol. The number of amides is 2. The molecule has 0 aromatic carbocycles. The van der Waals surface area contributed by atoms with E-state index in [1.54, 1.807) is 35.7 Å². The van der Waals surface area contributed by atoms with E-state index in [0.29, 0.717) is 19.6 Å². The van der Waals surface area contributed by atoms with Crippen LogP contribution in [0.15, 0.2) is 35.4 Å². The fourth-order valence-corrected chi connectivity index (χ4v) is 4.80. The van der Waals surface area contributed by atoms with Gasteiger partial charge in [0.25, 0.3) is 5.56 Å². The molecule has 0 spiro atoms. The van der Waals surface area contributed by atoms with Crippen LogP contribution in [0.5, 0.6) is 0 Å². The van der Waals surface area contributed by atoms with Gasteiger partial charge in [-0.15, -0.1) is 0 Å². The molecule has 2 aliphatic rings. The molecule has 29 heavy (non-hydrogen) atoms. The highest BCUT2D eigenvalue weighted by Gasteiger charge is 2.45. The summed E-state index contributed by atoms with van der Waals surface area (Å²) in [4.78, 5) is 46.2. The lowest BCUT2D eigenvalue weighted by atomic mass is 9.78. The molecule has 3 atom stereocenters. The fourth-order valence-electron chi connectivity index (χ4n) is 4.80. The van der Waals surface area contributed by atoms with E-state index in [-0.39, 0.29) is 29.2 Å². The number of rotatable bonds is 4. The molecule has 4 rings (SSSR count). The summed E-state index contributed by atoms with van der Waals surface area (Å²) < 4.78 is 3.67. The quantitative estimate of drug-likeness (QED) is 0.777. The van der Waals surface area contributed by atoms with E-state index in [2.05, 4.69) is 4.98 Å². The highest BCUT2D eigenvalue weighted by atomic mass is 16.2. The lowest BCUT2D eigenvalue weighted by Gasteiger charge is -2.46. The zero-order valence-corrected chi connectivity index (χ0v) is 17.1. The monoisotopic (exact) mass is 397 g/mol. The number of piperidine rings is 1. The molecule has 0 radical (unpaired) electrons. The molecule has 2 amide bonds. The first-order valence-corrected chi connectivity index (χ1v) is 10.1. The van der Waals surface area contributed by atoms with Crippen molar-refractivity contribution in [3.63, 3.8) is 0 Å². The van der Waals surface area contributed by atoms with Gasteiger partial charge in [0.2, 0.25) is 11.8 Å². The molecule has 4 heterocycles. The van der Waals surface area contributed by atoms with Crippen molar-refractivity contribution in [2.45, 2.75) is 45.3 Å². The Bertz CT molecular complexity index is 994. The number of aromatic nitrogens is 3. The van der Waals surface area contributed by atoms with E-state index >= 15 is 0 Å². The van der Waals surface area contributed by atoms with Gasteiger partial charge in [-0.05, 0) is 19.4 Å². The first-order chi connectivity index (χ1) is 13.9. The summed E-state index contributed by atoms with van der Waals surface area (Å²) >= 11 is 0. The maximum Gasteiger partial charge on any atom is 0.251 e. The predicted octanol–water partition coefficient (Wildman–Crippen LogP) is 1.23. The van der Waals surface area contributed by atoms with Crippen molar-refractivity contribution in [1.29, 1.82) is 0 Å². The van der Waals surface area contributed by atoms with E-state index in [9.17, 15) is 14.4 Å². The van der Waals surface area contributed by atoms with Gasteiger partial charge in [0.15, 0.2) is 0 Å². The molecule has 0 aliphatic carbocycles. The summed E-state index contributed by atoms with van der Waals surface area (Å²) in [6.45, 7) is 5.84. The van der Waals surface area contributed by atoms with E-state index in [1.165, 1.54) is 6.07 Å². The number of aryl methyl sites for hydroxylation is 1. The zero-order chi connectivity index (χ0) is 20.7. The highest BCUT2D eigenvalue weighted by molar-refractivity contribution is 5.81. The normalized spacial score (nSPS) is 22.9. The summed E-state index contributed by atoms with van der Waals surface area (Å²) in [5.41, 5.74) is 0.691. The number of nitrogens with zero attached hydrogens (tertiary/aromatic N) is 5. The molecule has 2 aromatic heterocycles. The van der Waals surface area contributed by atoms with Gasteiger partial charge in [0, 0.05) is 69.6 Å². The van der Waals surface area contributed by atoms with E-state index < -0.39 is 6.04 Å². The predicted molar refractivity (Wildman–Crippen MR) is 107 cm³/mol. The molecular formula is C21H27N5O3. The standard InChI is InChI=1S/C21H27N5O3/c1-4-24-9-8-22-18(24)13-23(3)21(29)20-16-10-15(11-25(12-16)14(2)27)17-6-5-7-19(28)26(17)20/h5-9,15-16,20H,4,10-13H2,1-3H3/t15-,16+,20-/m1/s1. The largest absolute Gasteiger partial charge is 0.342 e. The Morgan fingerprint density at radius 3 is 2.79 bits per heavy atom. The van der Waals surface area contributed by atoms with Gasteiger partial charge in [-0.2, -0.15) is 0 Å². The number of carbonyl (C=O) groups is 2. The lowest BCUT2D eigenvalue weighted by molar-refractivity contribution is -0.141. The summed E-state index contributed by atoms with van der Waals surface area (Å²) in [5, 5.41) is 0. The highest BCUT2D eigenvalue weighted by Crippen LogP contribution is 2.41. The van der Waals surface area contributed by atoms with Crippen molar-refractivity contribution in [2.24, 2.45) is 5.92 Å². The van der Waals surface area contributed by atoms with Crippen molar-refractivity contribution in [3.05, 3.63) is 52.5 Å². The minimum atomic E-state index is -0.605. The number of likely N-dealkylation sites (N-methyl/N-ethyl adjacent to an activating group) is 1. The van der Waals surface area contributed by atoms with Crippen LogP contribution < -0.4 is 5.56 Å². The maximum absolute atomic E-state index is 13.5. The van der Waals surface area contributed by atoms with Crippen LogP contribution in [0.4, 0.5) is 0 Å². The molecule has 0 unspecified atom stereocenters. The maximum atomic E-state index is 13.5. The number of carbonyl (C=O) groups excluding carboxylic acids is 2. The minimum absolute atomic E-state index is 0.0101. The third-order valence-electron chi connectivity index (χ3n) is 6.24. The second-order valence-corrected chi connectivity index (χ2v) is 8.04. The summed E-state index contributed by atoms with van der Waals surface area (Å²) in [7, 11) is 1.75. The van der Waals surface area contributed by atoms with Gasteiger partial charge in [-0.1, -0.05) is 6.07 Å². The molecule has 0 N–H and O–H groups in total. The number of likely N-dealkylation sites (tertiary alicyclic amines) is 1. The molecule has 0 saturated carbocycles. The second kappa shape index (κ2) is 7.50. The summed E-state index contributed by atoms with van der Waals surface area (Å²) in [6, 6.07) is 4.56. The topological polar surface area (TPSA) is 80.4 Å². The van der Waals surface area contributed by atoms with E-state index in [1.807, 2.05) is 28.7 Å². The second-order valence-electron chi connectivity index (χ2n) is 8.04. The van der Waals surface area contributed by atoms with Crippen molar-refractivity contribution in [1.82, 2.24) is 23.9 Å². The Hall–Kier alpha value is -2.90. The zero-order valence-electron chi connectivity index (χ0n) is 17.1. The lowest BCUT2D eigenvalue weighted by Crippen LogP contribution is -2.54. The third kappa shape index (κ3) is 3.36. The number of imidazole rings is 1. The molecule has 1 fully saturated rings. The van der Waals surface area contributed by atoms with Crippen molar-refractivity contribution < 1.29 is 9.59 Å². The Labute approximate surface area is 169 Å². The molecule has 8 heteroatoms. The Morgan fingerprint density at radius 1 is 1.28 bits per heavy atom. The van der Waals surface area contributed by atoms with Crippen LogP contribution in [0.2, 0.25) is 0 Å². The van der Waals surface area contributed by atoms with Crippen LogP contribution in [0, 0.1) is 5.92 Å². The van der Waals surface area contributed by atoms with Gasteiger partial charge in [-0.25, -0.2) is 4.98 Å². The first-order valence-electron chi connectivity index (χ1n) is 10.1. The minimum Gasteiger partial charge on any atom is -0.342 e. The average Bonchev–Trinajstić information content (AvgIpc) is 3.15. The van der Waals surface area contributed by atoms with Crippen LogP contribution in [-0.4, -0.2) is 55.9 Å².